The number of carbonyl (C=O) groups excluding carboxylic acids is 1. The molecule has 2 rings (SSSR count). The molecule has 0 bridgehead atoms. The van der Waals surface area contributed by atoms with E-state index in [1.165, 1.54) is 0 Å². The second-order valence-corrected chi connectivity index (χ2v) is 11.7. The molecular weight excluding hydrogens is 626 g/mol. The predicted molar refractivity (Wildman–Crippen MR) is 114 cm³/mol. The Kier molecular flexibility index (Phi) is 9.03. The molecule has 1 atom stereocenters. The first-order valence-corrected chi connectivity index (χ1v) is 13.0. The highest BCUT2D eigenvalue weighted by atomic mass is 32.2. The van der Waals surface area contributed by atoms with E-state index in [2.05, 4.69) is 0 Å². The van der Waals surface area contributed by atoms with Crippen LogP contribution >= 0.6 is 11.8 Å². The number of anilines is 1. The summed E-state index contributed by atoms with van der Waals surface area (Å²) in [6, 6.07) is 3.65. The van der Waals surface area contributed by atoms with Crippen molar-refractivity contribution >= 4 is 49.7 Å². The van der Waals surface area contributed by atoms with Gasteiger partial charge in [0.15, 0.2) is 20.6 Å². The molecule has 2 aromatic carbocycles. The van der Waals surface area contributed by atoms with Crippen molar-refractivity contribution in [3.63, 3.8) is 0 Å². The minimum atomic E-state index is -6.60. The van der Waals surface area contributed by atoms with Crippen molar-refractivity contribution in [3.8, 4) is 0 Å². The van der Waals surface area contributed by atoms with Gasteiger partial charge in [-0.2, -0.15) is 43.9 Å². The van der Waals surface area contributed by atoms with Crippen LogP contribution in [0.4, 0.5) is 55.3 Å². The molecule has 1 amide bonds. The van der Waals surface area contributed by atoms with Crippen molar-refractivity contribution in [1.82, 2.24) is 0 Å². The van der Waals surface area contributed by atoms with Gasteiger partial charge >= 0.3 is 22.9 Å². The van der Waals surface area contributed by atoms with E-state index in [9.17, 15) is 71.4 Å². The van der Waals surface area contributed by atoms with E-state index in [0.29, 0.717) is 24.3 Å². The number of thioether (sulfide) groups is 1. The zero-order chi connectivity index (χ0) is 30.2. The molecule has 0 aliphatic carbocycles. The molecule has 0 aliphatic heterocycles. The third-order valence-corrected chi connectivity index (χ3v) is 8.06. The van der Waals surface area contributed by atoms with E-state index >= 15 is 0 Å². The van der Waals surface area contributed by atoms with E-state index in [1.807, 2.05) is 5.32 Å². The fourth-order valence-corrected chi connectivity index (χ4v) is 5.46. The molecule has 0 aromatic heterocycles. The molecule has 0 saturated carbocycles. The second kappa shape index (κ2) is 10.9. The number of nitro benzene ring substituents is 1. The minimum Gasteiger partial charge on any atom is -0.325 e. The third-order valence-electron chi connectivity index (χ3n) is 4.29. The normalized spacial score (nSPS) is 14.1. The van der Waals surface area contributed by atoms with Crippen molar-refractivity contribution in [2.45, 2.75) is 37.5 Å². The summed E-state index contributed by atoms with van der Waals surface area (Å²) in [5.41, 5.74) is -7.35. The molecular formula is C18H10F10N2O6S3. The van der Waals surface area contributed by atoms with E-state index in [0.717, 1.165) is 12.1 Å². The molecule has 216 valence electrons. The van der Waals surface area contributed by atoms with E-state index in [1.54, 1.807) is 0 Å². The quantitative estimate of drug-likeness (QED) is 0.167. The standard InChI is InChI=1S/C18H10F10N2O6S3/c19-15(20,16(21,22)23)17(24,25)37-10-3-1-2-9(6-10)29-14(31)8-39(35,36)13-5-4-11(7-12(13)30(32)33)38(34)18(26,27)28/h1-7H,8H2,(H,29,31). The van der Waals surface area contributed by atoms with E-state index in [-0.39, 0.29) is 6.07 Å². The second-order valence-electron chi connectivity index (χ2n) is 7.13. The molecule has 0 fully saturated rings. The van der Waals surface area contributed by atoms with Crippen LogP contribution in [0.15, 0.2) is 57.2 Å². The Morgan fingerprint density at radius 3 is 2.08 bits per heavy atom. The summed E-state index contributed by atoms with van der Waals surface area (Å²) in [7, 11) is -8.75. The van der Waals surface area contributed by atoms with Crippen LogP contribution in [0.2, 0.25) is 0 Å². The summed E-state index contributed by atoms with van der Waals surface area (Å²) in [5.74, 6) is -9.58. The summed E-state index contributed by atoms with van der Waals surface area (Å²) in [4.78, 5) is 18.7. The number of alkyl halides is 10. The average Bonchev–Trinajstić information content (AvgIpc) is 2.76. The highest BCUT2D eigenvalue weighted by Crippen LogP contribution is 2.54. The van der Waals surface area contributed by atoms with Crippen molar-refractivity contribution in [3.05, 3.63) is 52.6 Å². The fourth-order valence-electron chi connectivity index (χ4n) is 2.61. The predicted octanol–water partition coefficient (Wildman–Crippen LogP) is 5.52. The Morgan fingerprint density at radius 1 is 0.974 bits per heavy atom. The number of sulfone groups is 1. The minimum absolute atomic E-state index is 0.0754. The highest BCUT2D eigenvalue weighted by molar-refractivity contribution is 8.00. The first-order chi connectivity index (χ1) is 17.5. The zero-order valence-corrected chi connectivity index (χ0v) is 20.6. The van der Waals surface area contributed by atoms with Crippen LogP contribution in [0, 0.1) is 10.1 Å². The Bertz CT molecular complexity index is 1410. The summed E-state index contributed by atoms with van der Waals surface area (Å²) in [5, 5.41) is 7.34. The van der Waals surface area contributed by atoms with Crippen LogP contribution in [0.3, 0.4) is 0 Å². The molecule has 21 heteroatoms. The summed E-state index contributed by atoms with van der Waals surface area (Å²) < 4.78 is 165. The van der Waals surface area contributed by atoms with Gasteiger partial charge in [0, 0.05) is 16.6 Å². The number of carbonyl (C=O) groups is 1. The van der Waals surface area contributed by atoms with Crippen LogP contribution in [0.1, 0.15) is 0 Å². The lowest BCUT2D eigenvalue weighted by Gasteiger charge is -2.27. The van der Waals surface area contributed by atoms with Crippen LogP contribution < -0.4 is 5.32 Å². The number of halogens is 10. The van der Waals surface area contributed by atoms with Crippen LogP contribution in [-0.2, 0) is 25.4 Å². The number of hydrogen-bond acceptors (Lipinski definition) is 7. The molecule has 1 unspecified atom stereocenters. The monoisotopic (exact) mass is 636 g/mol. The lowest BCUT2D eigenvalue weighted by atomic mass is 10.3. The number of amides is 1. The fraction of sp³-hybridized carbons (Fsp3) is 0.278. The Morgan fingerprint density at radius 2 is 1.56 bits per heavy atom. The largest absolute Gasteiger partial charge is 0.475 e. The van der Waals surface area contributed by atoms with E-state index < -0.39 is 97.9 Å². The van der Waals surface area contributed by atoms with Crippen molar-refractivity contribution in [2.75, 3.05) is 11.1 Å². The van der Waals surface area contributed by atoms with Gasteiger partial charge in [0.2, 0.25) is 5.91 Å². The number of nitrogens with zero attached hydrogens (tertiary/aromatic N) is 1. The highest BCUT2D eigenvalue weighted by Gasteiger charge is 2.73. The van der Waals surface area contributed by atoms with Crippen LogP contribution in [-0.4, -0.2) is 52.1 Å². The molecule has 8 nitrogen and oxygen atoms in total. The summed E-state index contributed by atoms with van der Waals surface area (Å²) in [6.07, 6.45) is -6.60. The van der Waals surface area contributed by atoms with Crippen LogP contribution in [0.25, 0.3) is 0 Å². The van der Waals surface area contributed by atoms with Gasteiger partial charge in [0.1, 0.15) is 10.6 Å². The van der Waals surface area contributed by atoms with Gasteiger partial charge in [-0.05, 0) is 42.1 Å². The van der Waals surface area contributed by atoms with Crippen LogP contribution in [0.5, 0.6) is 0 Å². The summed E-state index contributed by atoms with van der Waals surface area (Å²) in [6.45, 7) is 0. The number of rotatable bonds is 9. The Balaban J connectivity index is 2.28. The molecule has 0 radical (unpaired) electrons. The average molecular weight is 636 g/mol. The van der Waals surface area contributed by atoms with Crippen molar-refractivity contribution in [2.24, 2.45) is 0 Å². The Hall–Kier alpha value is -2.94. The van der Waals surface area contributed by atoms with Gasteiger partial charge in [-0.15, -0.1) is 0 Å². The molecule has 0 spiro atoms. The van der Waals surface area contributed by atoms with Gasteiger partial charge in [-0.25, -0.2) is 12.6 Å². The number of benzene rings is 2. The SMILES string of the molecule is O=C(CS(=O)(=O)c1ccc(S(=O)C(F)(F)F)cc1[N+](=O)[O-])Nc1cccc(SC(F)(F)C(F)(F)C(F)(F)F)c1. The van der Waals surface area contributed by atoms with Crippen molar-refractivity contribution in [1.29, 1.82) is 0 Å². The number of nitrogens with one attached hydrogen (secondary N) is 1. The smallest absolute Gasteiger partial charge is 0.325 e. The Labute approximate surface area is 217 Å². The number of hydrogen-bond donors (Lipinski definition) is 1. The maximum Gasteiger partial charge on any atom is 0.475 e. The maximum absolute atomic E-state index is 13.6. The first-order valence-electron chi connectivity index (χ1n) is 9.40. The molecule has 0 heterocycles. The van der Waals surface area contributed by atoms with Crippen molar-refractivity contribution < 1.29 is 66.2 Å². The molecule has 0 saturated heterocycles. The van der Waals surface area contributed by atoms with Gasteiger partial charge < -0.3 is 5.32 Å². The lowest BCUT2D eigenvalue weighted by Crippen LogP contribution is -2.49. The van der Waals surface area contributed by atoms with Gasteiger partial charge in [-0.3, -0.25) is 14.9 Å². The van der Waals surface area contributed by atoms with Gasteiger partial charge in [0.05, 0.1) is 9.82 Å². The van der Waals surface area contributed by atoms with Gasteiger partial charge in [0.25, 0.3) is 5.69 Å². The molecule has 2 aromatic rings. The van der Waals surface area contributed by atoms with E-state index in [4.69, 9.17) is 0 Å². The lowest BCUT2D eigenvalue weighted by molar-refractivity contribution is -0.388. The third kappa shape index (κ3) is 7.38. The molecule has 1 N–H and O–H groups in total. The topological polar surface area (TPSA) is 123 Å². The summed E-state index contributed by atoms with van der Waals surface area (Å²) >= 11 is -1.21. The maximum atomic E-state index is 13.6. The zero-order valence-electron chi connectivity index (χ0n) is 18.1. The first kappa shape index (κ1) is 32.3. The number of nitro groups is 1. The van der Waals surface area contributed by atoms with Gasteiger partial charge in [-0.1, -0.05) is 6.07 Å². The molecule has 39 heavy (non-hydrogen) atoms. The molecule has 0 aliphatic rings.